The Morgan fingerprint density at radius 2 is 0.328 bits per heavy atom. The maximum atomic E-state index is 5.33. The predicted molar refractivity (Wildman–Crippen MR) is 519 cm³/mol. The van der Waals surface area contributed by atoms with E-state index < -0.39 is 0 Å². The molecule has 0 unspecified atom stereocenters. The minimum atomic E-state index is -0.137. The van der Waals surface area contributed by atoms with Gasteiger partial charge in [-0.1, -0.05) is 342 Å². The largest absolute Gasteiger partial charge is 0.244 e. The number of nitrogens with zero attached hydrogens (tertiary/aromatic N) is 6. The summed E-state index contributed by atoms with van der Waals surface area (Å²) in [4.78, 5) is 31.5. The minimum Gasteiger partial charge on any atom is -0.244 e. The molecular weight excluding hydrogens is 1510 g/mol. The van der Waals surface area contributed by atoms with Gasteiger partial charge in [-0.2, -0.15) is 0 Å². The molecule has 0 saturated heterocycles. The molecule has 0 N–H and O–H groups in total. The third-order valence-electron chi connectivity index (χ3n) is 28.2. The first-order valence-electron chi connectivity index (χ1n) is 43.8. The van der Waals surface area contributed by atoms with Crippen molar-refractivity contribution in [3.05, 3.63) is 420 Å². The van der Waals surface area contributed by atoms with Gasteiger partial charge in [-0.05, 0) is 235 Å². The lowest BCUT2D eigenvalue weighted by Crippen LogP contribution is -2.15. The van der Waals surface area contributed by atoms with Gasteiger partial charge in [-0.15, -0.1) is 0 Å². The number of hydrogen-bond donors (Lipinski definition) is 0. The van der Waals surface area contributed by atoms with Crippen LogP contribution in [0.3, 0.4) is 0 Å². The van der Waals surface area contributed by atoms with Gasteiger partial charge in [0.1, 0.15) is 0 Å². The lowest BCUT2D eigenvalue weighted by Gasteiger charge is -2.23. The summed E-state index contributed by atoms with van der Waals surface area (Å²) in [6.45, 7) is 23.4. The van der Waals surface area contributed by atoms with Crippen molar-refractivity contribution in [2.24, 2.45) is 0 Å². The first-order chi connectivity index (χ1) is 60.7. The van der Waals surface area contributed by atoms with Gasteiger partial charge in [0.25, 0.3) is 0 Å². The van der Waals surface area contributed by atoms with Crippen LogP contribution in [0.4, 0.5) is 0 Å². The van der Waals surface area contributed by atoms with E-state index in [-0.39, 0.29) is 27.1 Å². The Hall–Kier alpha value is -14.7. The van der Waals surface area contributed by atoms with Gasteiger partial charge in [0.05, 0.1) is 67.3 Å². The highest BCUT2D eigenvalue weighted by Crippen LogP contribution is 2.57. The van der Waals surface area contributed by atoms with Crippen molar-refractivity contribution in [1.29, 1.82) is 0 Å². The first kappa shape index (κ1) is 75.3. The molecule has 0 aliphatic heterocycles. The lowest BCUT2D eigenvalue weighted by atomic mass is 9.80. The van der Waals surface area contributed by atoms with Crippen molar-refractivity contribution in [3.63, 3.8) is 0 Å². The molecule has 0 bridgehead atoms. The Morgan fingerprint density at radius 1 is 0.136 bits per heavy atom. The number of benzene rings is 17. The standard InChI is InChI=1S/C46H34N2.C38H30N2.C35H26N2/c1-45(2)37-25-31(17-19-33(37)35-21-27-11-5-7-13-29(27)23-39(35)45)43-44(48-42-16-10-9-15-41(42)47-43)32-18-20-34-36-22-28-12-6-8-14-30(28)24-40(36)46(3,4)38(34)26-32;1-37(2)29-13-7-5-11-25(29)27-19-17-23(21-31(27)37)35-36(40-34-16-10-9-15-33(34)39-35)24-18-20-28-26-12-6-8-14-30(26)38(3,4)32(28)22-24;1-35(2)29-13-7-6-12-27(29)28-21-20-26(22-30(28)35)34-33(36-31-14-8-9-15-32(31)37-34)25-18-16-24(17-19-25)23-10-4-3-5-11-23/h5-26H,1-4H3;5-22H,1-4H3;3-22H,1-2H3. The van der Waals surface area contributed by atoms with E-state index in [1.54, 1.807) is 0 Å². The molecule has 596 valence electrons. The van der Waals surface area contributed by atoms with E-state index in [1.165, 1.54) is 144 Å². The predicted octanol–water partition coefficient (Wildman–Crippen LogP) is 30.4. The van der Waals surface area contributed by atoms with E-state index in [9.17, 15) is 0 Å². The Kier molecular flexibility index (Phi) is 17.0. The fourth-order valence-corrected chi connectivity index (χ4v) is 21.4. The number of fused-ring (bicyclic) bond motifs is 20. The molecule has 0 radical (unpaired) electrons. The highest BCUT2D eigenvalue weighted by Gasteiger charge is 2.42. The normalized spacial score (nSPS) is 14.6. The Labute approximate surface area is 729 Å². The number of rotatable bonds is 7. The van der Waals surface area contributed by atoms with Gasteiger partial charge >= 0.3 is 0 Å². The van der Waals surface area contributed by atoms with E-state index in [2.05, 4.69) is 379 Å². The van der Waals surface area contributed by atoms with Gasteiger partial charge < -0.3 is 0 Å². The topological polar surface area (TPSA) is 77.3 Å². The second-order valence-corrected chi connectivity index (χ2v) is 37.2. The molecule has 3 heterocycles. The Balaban J connectivity index is 0.000000109. The van der Waals surface area contributed by atoms with Crippen LogP contribution >= 0.6 is 0 Å². The molecule has 0 saturated carbocycles. The van der Waals surface area contributed by atoms with Gasteiger partial charge in [-0.25, -0.2) is 29.9 Å². The van der Waals surface area contributed by atoms with Crippen LogP contribution in [-0.4, -0.2) is 29.9 Å². The third kappa shape index (κ3) is 12.0. The summed E-state index contributed by atoms with van der Waals surface area (Å²) < 4.78 is 0. The molecule has 125 heavy (non-hydrogen) atoms. The third-order valence-corrected chi connectivity index (χ3v) is 28.2. The van der Waals surface area contributed by atoms with Crippen molar-refractivity contribution in [1.82, 2.24) is 29.9 Å². The van der Waals surface area contributed by atoms with E-state index in [4.69, 9.17) is 29.9 Å². The zero-order valence-electron chi connectivity index (χ0n) is 71.8. The smallest absolute Gasteiger partial charge is 0.0973 e. The van der Waals surface area contributed by atoms with Crippen molar-refractivity contribution < 1.29 is 0 Å². The average Bonchev–Trinajstić information content (AvgIpc) is 1.56. The van der Waals surface area contributed by atoms with Gasteiger partial charge in [-0.3, -0.25) is 0 Å². The van der Waals surface area contributed by atoms with Gasteiger partial charge in [0.15, 0.2) is 0 Å². The average molecular weight is 1600 g/mol. The highest BCUT2D eigenvalue weighted by molar-refractivity contribution is 6.00. The van der Waals surface area contributed by atoms with Crippen LogP contribution in [-0.2, 0) is 27.1 Å². The molecule has 5 aliphatic carbocycles. The maximum Gasteiger partial charge on any atom is 0.0973 e. The van der Waals surface area contributed by atoms with Gasteiger partial charge in [0.2, 0.25) is 0 Å². The van der Waals surface area contributed by atoms with E-state index >= 15 is 0 Å². The van der Waals surface area contributed by atoms with E-state index in [0.29, 0.717) is 0 Å². The Bertz CT molecular complexity index is 7610. The number of hydrogen-bond acceptors (Lipinski definition) is 6. The molecule has 17 aromatic carbocycles. The second-order valence-electron chi connectivity index (χ2n) is 37.2. The van der Waals surface area contributed by atoms with Crippen LogP contribution in [0.15, 0.2) is 364 Å². The molecule has 20 aromatic rings. The molecule has 5 aliphatic rings. The number of para-hydroxylation sites is 6. The fourth-order valence-electron chi connectivity index (χ4n) is 21.4. The summed E-state index contributed by atoms with van der Waals surface area (Å²) in [5.74, 6) is 0. The highest BCUT2D eigenvalue weighted by atomic mass is 14.9. The molecule has 0 spiro atoms. The summed E-state index contributed by atoms with van der Waals surface area (Å²) in [6.07, 6.45) is 0. The summed E-state index contributed by atoms with van der Waals surface area (Å²) in [5.41, 5.74) is 46.3. The molecule has 3 aromatic heterocycles. The van der Waals surface area contributed by atoms with Crippen molar-refractivity contribution in [2.45, 2.75) is 96.3 Å². The molecule has 0 amide bonds. The molecule has 6 nitrogen and oxygen atoms in total. The number of aromatic nitrogens is 6. The summed E-state index contributed by atoms with van der Waals surface area (Å²) in [5, 5.41) is 5.13. The van der Waals surface area contributed by atoms with Crippen LogP contribution in [0.2, 0.25) is 0 Å². The molecule has 25 rings (SSSR count). The summed E-state index contributed by atoms with van der Waals surface area (Å²) >= 11 is 0. The molecular formula is C119H90N6. The fraction of sp³-hybridized carbons (Fsp3) is 0.126. The van der Waals surface area contributed by atoms with E-state index in [1.807, 2.05) is 54.6 Å². The van der Waals surface area contributed by atoms with Gasteiger partial charge in [0, 0.05) is 60.5 Å². The molecule has 0 atom stereocenters. The maximum absolute atomic E-state index is 5.33. The quantitative estimate of drug-likeness (QED) is 0.158. The van der Waals surface area contributed by atoms with Crippen LogP contribution in [0.5, 0.6) is 0 Å². The minimum absolute atomic E-state index is 0.0658. The second kappa shape index (κ2) is 28.2. The van der Waals surface area contributed by atoms with Crippen LogP contribution in [0, 0.1) is 0 Å². The lowest BCUT2D eigenvalue weighted by molar-refractivity contribution is 0.660. The van der Waals surface area contributed by atoms with Crippen molar-refractivity contribution in [3.8, 4) is 134 Å². The first-order valence-corrected chi connectivity index (χ1v) is 43.8. The van der Waals surface area contributed by atoms with Crippen LogP contribution in [0.25, 0.3) is 189 Å². The monoisotopic (exact) mass is 1600 g/mol. The zero-order chi connectivity index (χ0) is 84.6. The van der Waals surface area contributed by atoms with Crippen molar-refractivity contribution >= 4 is 54.6 Å². The SMILES string of the molecule is CC1(C)c2cc(-c3nc4ccccc4nc3-c3ccc4c(c3)C(C)(C)c3cc5ccccc5cc3-4)ccc2-c2cc3ccccc3cc21.CC1(C)c2ccccc2-c2ccc(-c3nc4ccccc4nc3-c3ccc(-c4ccccc4)cc3)cc21.CC1(C)c2ccccc2-c2ccc(-c3nc4ccccc4nc3-c3ccc4c(c3)C(C)(C)c3ccccc3-4)cc21. The molecule has 0 fully saturated rings. The molecule has 6 heteroatoms. The Morgan fingerprint density at radius 3 is 0.624 bits per heavy atom. The van der Waals surface area contributed by atoms with Crippen LogP contribution < -0.4 is 0 Å². The van der Waals surface area contributed by atoms with E-state index in [0.717, 1.165) is 101 Å². The zero-order valence-corrected chi connectivity index (χ0v) is 71.8. The summed E-state index contributed by atoms with van der Waals surface area (Å²) in [6, 6.07) is 131. The van der Waals surface area contributed by atoms with Crippen LogP contribution in [0.1, 0.15) is 125 Å². The van der Waals surface area contributed by atoms with Crippen molar-refractivity contribution in [2.75, 3.05) is 0 Å². The summed E-state index contributed by atoms with van der Waals surface area (Å²) in [7, 11) is 0.